The number of phenolic OH excluding ortho intramolecular Hbond substituents is 3. The molecule has 0 saturated heterocycles. The first-order valence-corrected chi connectivity index (χ1v) is 10.2. The molecule has 0 aliphatic heterocycles. The Hall–Kier alpha value is -2.28. The molecular formula is C24H28FIO3. The first kappa shape index (κ1) is 24.8. The van der Waals surface area contributed by atoms with Crippen LogP contribution in [0.5, 0.6) is 17.2 Å². The van der Waals surface area contributed by atoms with Crippen molar-refractivity contribution in [2.45, 2.75) is 40.0 Å². The predicted molar refractivity (Wildman–Crippen MR) is 125 cm³/mol. The third-order valence-electron chi connectivity index (χ3n) is 4.02. The minimum absolute atomic E-state index is 0.0893. The molecule has 0 heterocycles. The summed E-state index contributed by atoms with van der Waals surface area (Å²) in [6, 6.07) is 16.3. The van der Waals surface area contributed by atoms with E-state index in [0.29, 0.717) is 11.5 Å². The molecule has 0 aromatic heterocycles. The topological polar surface area (TPSA) is 60.7 Å². The minimum Gasteiger partial charge on any atom is -0.508 e. The highest BCUT2D eigenvalue weighted by molar-refractivity contribution is 14.1. The molecule has 0 atom stereocenters. The van der Waals surface area contributed by atoms with Crippen LogP contribution in [0, 0.1) is 23.2 Å². The largest absolute Gasteiger partial charge is 0.508 e. The second kappa shape index (κ2) is 11.0. The van der Waals surface area contributed by atoms with Crippen molar-refractivity contribution in [2.24, 2.45) is 0 Å². The van der Waals surface area contributed by atoms with Gasteiger partial charge in [-0.05, 0) is 107 Å². The van der Waals surface area contributed by atoms with Crippen molar-refractivity contribution in [3.05, 3.63) is 86.7 Å². The van der Waals surface area contributed by atoms with E-state index in [2.05, 4.69) is 43.4 Å². The third kappa shape index (κ3) is 9.17. The maximum absolute atomic E-state index is 12.0. The number of halogens is 2. The predicted octanol–water partition coefficient (Wildman–Crippen LogP) is 6.83. The highest BCUT2D eigenvalue weighted by Gasteiger charge is 2.12. The molecule has 0 aliphatic rings. The number of phenols is 3. The minimum atomic E-state index is -0.331. The van der Waals surface area contributed by atoms with E-state index in [1.54, 1.807) is 12.1 Å². The molecule has 0 bridgehead atoms. The van der Waals surface area contributed by atoms with Crippen molar-refractivity contribution in [1.82, 2.24) is 0 Å². The van der Waals surface area contributed by atoms with Gasteiger partial charge in [-0.25, -0.2) is 4.39 Å². The van der Waals surface area contributed by atoms with Gasteiger partial charge in [0, 0.05) is 3.57 Å². The fraction of sp³-hybridized carbons (Fsp3) is 0.250. The summed E-state index contributed by atoms with van der Waals surface area (Å²) < 4.78 is 13.1. The lowest BCUT2D eigenvalue weighted by molar-refractivity contribution is 0.466. The molecule has 3 aromatic rings. The van der Waals surface area contributed by atoms with Crippen molar-refractivity contribution in [1.29, 1.82) is 0 Å². The van der Waals surface area contributed by atoms with Crippen LogP contribution in [0.1, 0.15) is 37.5 Å². The number of hydrogen-bond acceptors (Lipinski definition) is 3. The summed E-state index contributed by atoms with van der Waals surface area (Å²) in [6.07, 6.45) is 0. The van der Waals surface area contributed by atoms with Crippen molar-refractivity contribution < 1.29 is 19.7 Å². The zero-order chi connectivity index (χ0) is 22.2. The van der Waals surface area contributed by atoms with Gasteiger partial charge in [0.05, 0.1) is 0 Å². The smallest absolute Gasteiger partial charge is 0.123 e. The van der Waals surface area contributed by atoms with Gasteiger partial charge in [0.2, 0.25) is 0 Å². The first-order valence-electron chi connectivity index (χ1n) is 9.10. The van der Waals surface area contributed by atoms with E-state index in [1.165, 1.54) is 33.4 Å². The van der Waals surface area contributed by atoms with E-state index in [-0.39, 0.29) is 17.0 Å². The van der Waals surface area contributed by atoms with Crippen LogP contribution in [0.25, 0.3) is 0 Å². The van der Waals surface area contributed by atoms with Gasteiger partial charge in [0.15, 0.2) is 0 Å². The molecule has 3 nitrogen and oxygen atoms in total. The molecule has 0 radical (unpaired) electrons. The van der Waals surface area contributed by atoms with Gasteiger partial charge in [-0.15, -0.1) is 0 Å². The van der Waals surface area contributed by atoms with Crippen LogP contribution >= 0.6 is 22.6 Å². The molecule has 3 rings (SSSR count). The van der Waals surface area contributed by atoms with Crippen LogP contribution in [0.3, 0.4) is 0 Å². The Morgan fingerprint density at radius 2 is 1.10 bits per heavy atom. The maximum atomic E-state index is 12.0. The Balaban J connectivity index is 0.000000220. The second-order valence-corrected chi connectivity index (χ2v) is 8.91. The standard InChI is InChI=1S/C10H14O.C8H9IO.C6H5FO/c1-10(2,3)8-4-6-9(11)7-5-8;1-5-3-7(9)4-6(2)8(5)10;7-5-1-3-6(8)4-2-5/h4-7,11H,1-3H3;3-4,10H,1-2H3;1-4,8H. The van der Waals surface area contributed by atoms with Crippen LogP contribution < -0.4 is 0 Å². The number of aryl methyl sites for hydroxylation is 2. The van der Waals surface area contributed by atoms with Gasteiger partial charge in [-0.3, -0.25) is 0 Å². The van der Waals surface area contributed by atoms with Gasteiger partial charge < -0.3 is 15.3 Å². The first-order chi connectivity index (χ1) is 13.4. The molecule has 5 heteroatoms. The Bertz CT molecular complexity index is 855. The fourth-order valence-electron chi connectivity index (χ4n) is 2.31. The summed E-state index contributed by atoms with van der Waals surface area (Å²) in [5.74, 6) is 0.507. The van der Waals surface area contributed by atoms with Crippen LogP contribution in [-0.4, -0.2) is 15.3 Å². The van der Waals surface area contributed by atoms with E-state index in [4.69, 9.17) is 10.2 Å². The lowest BCUT2D eigenvalue weighted by Gasteiger charge is -2.18. The number of hydrogen-bond donors (Lipinski definition) is 3. The van der Waals surface area contributed by atoms with E-state index in [1.807, 2.05) is 38.1 Å². The van der Waals surface area contributed by atoms with Crippen LogP contribution in [-0.2, 0) is 5.41 Å². The Kier molecular flexibility index (Phi) is 9.43. The molecule has 3 N–H and O–H groups in total. The fourth-order valence-corrected chi connectivity index (χ4v) is 3.24. The normalized spacial score (nSPS) is 10.3. The van der Waals surface area contributed by atoms with Crippen molar-refractivity contribution in [2.75, 3.05) is 0 Å². The highest BCUT2D eigenvalue weighted by Crippen LogP contribution is 2.24. The Morgan fingerprint density at radius 3 is 1.45 bits per heavy atom. The molecule has 3 aromatic carbocycles. The van der Waals surface area contributed by atoms with Crippen molar-refractivity contribution in [3.63, 3.8) is 0 Å². The molecule has 0 unspecified atom stereocenters. The summed E-state index contributed by atoms with van der Waals surface area (Å²) in [5, 5.41) is 26.9. The average Bonchev–Trinajstić information content (AvgIpc) is 2.63. The van der Waals surface area contributed by atoms with Gasteiger partial charge >= 0.3 is 0 Å². The Morgan fingerprint density at radius 1 is 0.724 bits per heavy atom. The SMILES string of the molecule is CC(C)(C)c1ccc(O)cc1.Cc1cc(I)cc(C)c1O.Oc1ccc(F)cc1. The molecule has 0 aliphatic carbocycles. The number of aromatic hydroxyl groups is 3. The second-order valence-electron chi connectivity index (χ2n) is 7.66. The third-order valence-corrected chi connectivity index (χ3v) is 4.64. The summed E-state index contributed by atoms with van der Waals surface area (Å²) in [4.78, 5) is 0. The molecule has 29 heavy (non-hydrogen) atoms. The molecule has 0 amide bonds. The van der Waals surface area contributed by atoms with Gasteiger partial charge in [-0.2, -0.15) is 0 Å². The van der Waals surface area contributed by atoms with E-state index in [9.17, 15) is 9.50 Å². The zero-order valence-electron chi connectivity index (χ0n) is 17.4. The summed E-state index contributed by atoms with van der Waals surface area (Å²) in [6.45, 7) is 10.3. The molecule has 0 saturated carbocycles. The lowest BCUT2D eigenvalue weighted by Crippen LogP contribution is -2.10. The van der Waals surface area contributed by atoms with Crippen molar-refractivity contribution >= 4 is 22.6 Å². The van der Waals surface area contributed by atoms with Crippen LogP contribution in [0.2, 0.25) is 0 Å². The van der Waals surface area contributed by atoms with Gasteiger partial charge in [-0.1, -0.05) is 32.9 Å². The summed E-state index contributed by atoms with van der Waals surface area (Å²) in [5.41, 5.74) is 3.32. The summed E-state index contributed by atoms with van der Waals surface area (Å²) in [7, 11) is 0. The van der Waals surface area contributed by atoms with E-state index < -0.39 is 0 Å². The van der Waals surface area contributed by atoms with Gasteiger partial charge in [0.1, 0.15) is 23.1 Å². The maximum Gasteiger partial charge on any atom is 0.123 e. The van der Waals surface area contributed by atoms with Crippen LogP contribution in [0.15, 0.2) is 60.7 Å². The Labute approximate surface area is 186 Å². The van der Waals surface area contributed by atoms with E-state index in [0.717, 1.165) is 11.1 Å². The number of rotatable bonds is 0. The lowest BCUT2D eigenvalue weighted by atomic mass is 9.87. The van der Waals surface area contributed by atoms with Gasteiger partial charge in [0.25, 0.3) is 0 Å². The molecule has 0 fully saturated rings. The molecule has 156 valence electrons. The molecule has 0 spiro atoms. The number of benzene rings is 3. The van der Waals surface area contributed by atoms with Crippen LogP contribution in [0.4, 0.5) is 4.39 Å². The monoisotopic (exact) mass is 510 g/mol. The quantitative estimate of drug-likeness (QED) is 0.291. The summed E-state index contributed by atoms with van der Waals surface area (Å²) >= 11 is 2.24. The highest BCUT2D eigenvalue weighted by atomic mass is 127. The van der Waals surface area contributed by atoms with E-state index >= 15 is 0 Å². The average molecular weight is 510 g/mol. The zero-order valence-corrected chi connectivity index (χ0v) is 19.5. The molecular weight excluding hydrogens is 482 g/mol. The van der Waals surface area contributed by atoms with Crippen molar-refractivity contribution in [3.8, 4) is 17.2 Å².